The summed E-state index contributed by atoms with van der Waals surface area (Å²) in [7, 11) is 0. The van der Waals surface area contributed by atoms with Crippen LogP contribution in [0.25, 0.3) is 0 Å². The summed E-state index contributed by atoms with van der Waals surface area (Å²) in [6.45, 7) is 2.46. The van der Waals surface area contributed by atoms with Crippen LogP contribution in [-0.2, 0) is 0 Å². The van der Waals surface area contributed by atoms with Gasteiger partial charge in [0, 0.05) is 6.54 Å². The molecule has 2 rings (SSSR count). The van der Waals surface area contributed by atoms with E-state index >= 15 is 0 Å². The van der Waals surface area contributed by atoms with E-state index < -0.39 is 0 Å². The van der Waals surface area contributed by atoms with Gasteiger partial charge in [0.1, 0.15) is 6.61 Å². The predicted molar refractivity (Wildman–Crippen MR) is 78.8 cm³/mol. The number of hydrogen-bond donors (Lipinski definition) is 2. The van der Waals surface area contributed by atoms with E-state index in [0.717, 1.165) is 29.7 Å². The Balaban J connectivity index is 2.20. The number of thiophene rings is 1. The summed E-state index contributed by atoms with van der Waals surface area (Å²) in [5.74, 6) is 5.45. The van der Waals surface area contributed by atoms with Crippen molar-refractivity contribution < 1.29 is 15.0 Å². The van der Waals surface area contributed by atoms with Crippen LogP contribution in [-0.4, -0.2) is 46.8 Å². The fourth-order valence-electron chi connectivity index (χ4n) is 2.43. The zero-order valence-electron chi connectivity index (χ0n) is 11.6. The van der Waals surface area contributed by atoms with Gasteiger partial charge in [0.25, 0.3) is 5.91 Å². The molecule has 1 atom stereocenters. The summed E-state index contributed by atoms with van der Waals surface area (Å²) in [4.78, 5) is 15.8. The number of hydrogen-bond acceptors (Lipinski definition) is 4. The highest BCUT2D eigenvalue weighted by atomic mass is 32.1. The van der Waals surface area contributed by atoms with Gasteiger partial charge >= 0.3 is 0 Å². The molecule has 1 amide bonds. The van der Waals surface area contributed by atoms with Crippen LogP contribution in [0.2, 0.25) is 0 Å². The lowest BCUT2D eigenvalue weighted by atomic mass is 10.0. The molecule has 0 saturated carbocycles. The lowest BCUT2D eigenvalue weighted by Gasteiger charge is -2.34. The Morgan fingerprint density at radius 3 is 3.00 bits per heavy atom. The summed E-state index contributed by atoms with van der Waals surface area (Å²) in [6, 6.07) is 1.78. The Kier molecular flexibility index (Phi) is 5.18. The minimum Gasteiger partial charge on any atom is -0.394 e. The van der Waals surface area contributed by atoms with Crippen molar-refractivity contribution in [1.82, 2.24) is 4.90 Å². The molecule has 0 radical (unpaired) electrons. The quantitative estimate of drug-likeness (QED) is 0.810. The molecule has 1 saturated heterocycles. The number of aryl methyl sites for hydroxylation is 1. The lowest BCUT2D eigenvalue weighted by molar-refractivity contribution is 0.0507. The molecule has 108 valence electrons. The summed E-state index contributed by atoms with van der Waals surface area (Å²) in [5, 5.41) is 18.1. The number of nitrogens with zero attached hydrogens (tertiary/aromatic N) is 1. The molecular formula is C15H19NO3S. The summed E-state index contributed by atoms with van der Waals surface area (Å²) < 4.78 is 0. The van der Waals surface area contributed by atoms with E-state index in [2.05, 4.69) is 11.8 Å². The first-order valence-electron chi connectivity index (χ1n) is 6.79. The zero-order chi connectivity index (χ0) is 14.5. The molecule has 4 nitrogen and oxygen atoms in total. The molecule has 20 heavy (non-hydrogen) atoms. The van der Waals surface area contributed by atoms with Crippen LogP contribution in [0.4, 0.5) is 0 Å². The topological polar surface area (TPSA) is 60.8 Å². The van der Waals surface area contributed by atoms with Crippen molar-refractivity contribution in [2.45, 2.75) is 32.2 Å². The maximum atomic E-state index is 12.5. The molecule has 0 spiro atoms. The van der Waals surface area contributed by atoms with Gasteiger partial charge in [-0.3, -0.25) is 4.79 Å². The van der Waals surface area contributed by atoms with Gasteiger partial charge in [-0.05, 0) is 37.8 Å². The van der Waals surface area contributed by atoms with Gasteiger partial charge in [-0.15, -0.1) is 11.3 Å². The second-order valence-electron chi connectivity index (χ2n) is 4.91. The van der Waals surface area contributed by atoms with Crippen molar-refractivity contribution in [3.63, 3.8) is 0 Å². The van der Waals surface area contributed by atoms with Gasteiger partial charge in [-0.2, -0.15) is 0 Å². The van der Waals surface area contributed by atoms with Gasteiger partial charge < -0.3 is 15.1 Å². The first-order chi connectivity index (χ1) is 9.67. The van der Waals surface area contributed by atoms with Crippen LogP contribution in [0.15, 0.2) is 6.07 Å². The molecule has 1 fully saturated rings. The van der Waals surface area contributed by atoms with E-state index in [-0.39, 0.29) is 25.2 Å². The highest BCUT2D eigenvalue weighted by molar-refractivity contribution is 7.14. The van der Waals surface area contributed by atoms with Crippen molar-refractivity contribution in [3.05, 3.63) is 21.4 Å². The van der Waals surface area contributed by atoms with E-state index in [0.29, 0.717) is 11.4 Å². The Morgan fingerprint density at radius 1 is 1.50 bits per heavy atom. The number of carbonyl (C=O) groups is 1. The van der Waals surface area contributed by atoms with Crippen molar-refractivity contribution in [2.24, 2.45) is 0 Å². The van der Waals surface area contributed by atoms with E-state index in [4.69, 9.17) is 5.11 Å². The van der Waals surface area contributed by atoms with Crippen LogP contribution >= 0.6 is 11.3 Å². The average Bonchev–Trinajstić information content (AvgIpc) is 2.85. The standard InChI is InChI=1S/C15H19NO3S/c1-11-9-14(20-13(11)6-4-8-17)15(19)16-7-3-2-5-12(16)10-18/h9,12,17-18H,2-3,5,7-8,10H2,1H3. The molecular weight excluding hydrogens is 274 g/mol. The third kappa shape index (κ3) is 3.21. The molecule has 2 N–H and O–H groups in total. The summed E-state index contributed by atoms with van der Waals surface area (Å²) >= 11 is 1.36. The Hall–Kier alpha value is -1.35. The molecule has 0 aliphatic carbocycles. The van der Waals surface area contributed by atoms with E-state index in [9.17, 15) is 9.90 Å². The van der Waals surface area contributed by atoms with Crippen molar-refractivity contribution in [1.29, 1.82) is 0 Å². The number of aliphatic hydroxyl groups is 2. The minimum absolute atomic E-state index is 0.0195. The molecule has 0 bridgehead atoms. The minimum atomic E-state index is -0.181. The highest BCUT2D eigenvalue weighted by Crippen LogP contribution is 2.25. The highest BCUT2D eigenvalue weighted by Gasteiger charge is 2.28. The van der Waals surface area contributed by atoms with Gasteiger partial charge in [0.15, 0.2) is 0 Å². The van der Waals surface area contributed by atoms with Crippen molar-refractivity contribution in [2.75, 3.05) is 19.8 Å². The number of aliphatic hydroxyl groups excluding tert-OH is 2. The molecule has 1 aromatic heterocycles. The number of piperidine rings is 1. The first-order valence-corrected chi connectivity index (χ1v) is 7.61. The second kappa shape index (κ2) is 6.89. The lowest BCUT2D eigenvalue weighted by Crippen LogP contribution is -2.45. The van der Waals surface area contributed by atoms with Gasteiger partial charge in [-0.1, -0.05) is 11.8 Å². The summed E-state index contributed by atoms with van der Waals surface area (Å²) in [6.07, 6.45) is 2.92. The maximum Gasteiger partial charge on any atom is 0.264 e. The number of likely N-dealkylation sites (tertiary alicyclic amines) is 1. The predicted octanol–water partition coefficient (Wildman–Crippen LogP) is 1.39. The Labute approximate surface area is 123 Å². The van der Waals surface area contributed by atoms with Crippen LogP contribution in [0.5, 0.6) is 0 Å². The van der Waals surface area contributed by atoms with Crippen LogP contribution in [0.3, 0.4) is 0 Å². The molecule has 1 aliphatic rings. The summed E-state index contributed by atoms with van der Waals surface area (Å²) in [5.41, 5.74) is 0.955. The van der Waals surface area contributed by atoms with E-state index in [1.54, 1.807) is 4.90 Å². The largest absolute Gasteiger partial charge is 0.394 e. The van der Waals surface area contributed by atoms with Gasteiger partial charge in [0.05, 0.1) is 22.4 Å². The monoisotopic (exact) mass is 293 g/mol. The number of amides is 1. The first kappa shape index (κ1) is 15.0. The van der Waals surface area contributed by atoms with Crippen LogP contribution in [0.1, 0.15) is 39.4 Å². The van der Waals surface area contributed by atoms with Gasteiger partial charge in [-0.25, -0.2) is 0 Å². The van der Waals surface area contributed by atoms with Crippen LogP contribution in [0, 0.1) is 18.8 Å². The van der Waals surface area contributed by atoms with Crippen molar-refractivity contribution >= 4 is 17.2 Å². The molecule has 5 heteroatoms. The average molecular weight is 293 g/mol. The fraction of sp³-hybridized carbons (Fsp3) is 0.533. The molecule has 1 unspecified atom stereocenters. The second-order valence-corrected chi connectivity index (χ2v) is 5.97. The van der Waals surface area contributed by atoms with Crippen molar-refractivity contribution in [3.8, 4) is 11.8 Å². The maximum absolute atomic E-state index is 12.5. The smallest absolute Gasteiger partial charge is 0.264 e. The van der Waals surface area contributed by atoms with Gasteiger partial charge in [0.2, 0.25) is 0 Å². The third-order valence-electron chi connectivity index (χ3n) is 3.51. The SMILES string of the molecule is Cc1cc(C(=O)N2CCCCC2CO)sc1C#CCO. The zero-order valence-corrected chi connectivity index (χ0v) is 12.4. The molecule has 1 aliphatic heterocycles. The fourth-order valence-corrected chi connectivity index (χ4v) is 3.43. The molecule has 2 heterocycles. The van der Waals surface area contributed by atoms with Crippen LogP contribution < -0.4 is 0 Å². The third-order valence-corrected chi connectivity index (χ3v) is 4.65. The normalized spacial score (nSPS) is 18.6. The van der Waals surface area contributed by atoms with E-state index in [1.807, 2.05) is 13.0 Å². The number of rotatable bonds is 2. The Morgan fingerprint density at radius 2 is 2.30 bits per heavy atom. The Bertz CT molecular complexity index is 541. The molecule has 1 aromatic rings. The molecule has 0 aromatic carbocycles. The number of carbonyl (C=O) groups excluding carboxylic acids is 1. The van der Waals surface area contributed by atoms with E-state index in [1.165, 1.54) is 11.3 Å².